The molecule has 2 N–H and O–H groups in total. The average molecular weight is 351 g/mol. The number of fused-ring (bicyclic) bond motifs is 3. The van der Waals surface area contributed by atoms with E-state index in [1.807, 2.05) is 47.0 Å². The lowest BCUT2D eigenvalue weighted by Crippen LogP contribution is -2.23. The van der Waals surface area contributed by atoms with E-state index >= 15 is 0 Å². The van der Waals surface area contributed by atoms with Crippen molar-refractivity contribution in [3.05, 3.63) is 59.8 Å². The van der Waals surface area contributed by atoms with Crippen LogP contribution in [-0.4, -0.2) is 34.8 Å². The van der Waals surface area contributed by atoms with Gasteiger partial charge in [0.25, 0.3) is 0 Å². The van der Waals surface area contributed by atoms with Crippen LogP contribution in [0.25, 0.3) is 11.0 Å². The summed E-state index contributed by atoms with van der Waals surface area (Å²) in [6.45, 7) is 0. The van der Waals surface area contributed by atoms with Gasteiger partial charge < -0.3 is 19.9 Å². The van der Waals surface area contributed by atoms with Gasteiger partial charge in [-0.05, 0) is 35.9 Å². The SMILES string of the molecule is COc1ccc(C2C=C(C(=O)O)Nc3nc4ccccc4n32)cc1OC. The van der Waals surface area contributed by atoms with Gasteiger partial charge in [0.05, 0.1) is 31.3 Å². The number of ether oxygens (including phenoxy) is 2. The molecule has 3 aromatic rings. The number of carbonyl (C=O) groups is 1. The summed E-state index contributed by atoms with van der Waals surface area (Å²) in [5.74, 6) is 0.655. The summed E-state index contributed by atoms with van der Waals surface area (Å²) in [5, 5.41) is 12.4. The molecule has 0 bridgehead atoms. The first-order chi connectivity index (χ1) is 12.6. The maximum Gasteiger partial charge on any atom is 0.352 e. The molecule has 2 aromatic carbocycles. The summed E-state index contributed by atoms with van der Waals surface area (Å²) in [5.41, 5.74) is 2.66. The number of anilines is 1. The number of aromatic nitrogens is 2. The quantitative estimate of drug-likeness (QED) is 0.751. The Labute approximate surface area is 149 Å². The first-order valence-corrected chi connectivity index (χ1v) is 8.03. The molecule has 0 aliphatic carbocycles. The van der Waals surface area contributed by atoms with Crippen LogP contribution in [0.2, 0.25) is 0 Å². The fourth-order valence-electron chi connectivity index (χ4n) is 3.22. The van der Waals surface area contributed by atoms with Gasteiger partial charge in [0.2, 0.25) is 5.95 Å². The Balaban J connectivity index is 1.93. The van der Waals surface area contributed by atoms with E-state index in [9.17, 15) is 9.90 Å². The largest absolute Gasteiger partial charge is 0.493 e. The van der Waals surface area contributed by atoms with Gasteiger partial charge in [-0.3, -0.25) is 4.57 Å². The Morgan fingerprint density at radius 3 is 2.65 bits per heavy atom. The number of para-hydroxylation sites is 2. The summed E-state index contributed by atoms with van der Waals surface area (Å²) in [4.78, 5) is 16.1. The molecule has 0 fully saturated rings. The molecule has 7 nitrogen and oxygen atoms in total. The normalized spacial score (nSPS) is 15.8. The molecule has 0 radical (unpaired) electrons. The Hall–Kier alpha value is -3.48. The zero-order valence-electron chi connectivity index (χ0n) is 14.3. The van der Waals surface area contributed by atoms with E-state index in [1.165, 1.54) is 0 Å². The minimum absolute atomic E-state index is 0.0904. The van der Waals surface area contributed by atoms with Crippen LogP contribution in [0, 0.1) is 0 Å². The van der Waals surface area contributed by atoms with Crippen molar-refractivity contribution in [2.45, 2.75) is 6.04 Å². The molecule has 0 amide bonds. The van der Waals surface area contributed by atoms with Crippen LogP contribution in [0.3, 0.4) is 0 Å². The summed E-state index contributed by atoms with van der Waals surface area (Å²) in [7, 11) is 3.15. The molecule has 1 aliphatic heterocycles. The van der Waals surface area contributed by atoms with Crippen molar-refractivity contribution >= 4 is 23.0 Å². The number of nitrogens with one attached hydrogen (secondary N) is 1. The van der Waals surface area contributed by atoms with Crippen molar-refractivity contribution in [3.8, 4) is 11.5 Å². The summed E-state index contributed by atoms with van der Waals surface area (Å²) < 4.78 is 12.7. The molecule has 1 aromatic heterocycles. The zero-order chi connectivity index (χ0) is 18.3. The van der Waals surface area contributed by atoms with Crippen LogP contribution in [0.4, 0.5) is 5.95 Å². The molecule has 2 heterocycles. The molecule has 0 saturated carbocycles. The second-order valence-corrected chi connectivity index (χ2v) is 5.86. The van der Waals surface area contributed by atoms with E-state index in [-0.39, 0.29) is 11.7 Å². The number of carboxylic acids is 1. The minimum atomic E-state index is -1.03. The van der Waals surface area contributed by atoms with Gasteiger partial charge in [-0.2, -0.15) is 0 Å². The van der Waals surface area contributed by atoms with E-state index in [1.54, 1.807) is 20.3 Å². The predicted octanol–water partition coefficient (Wildman–Crippen LogP) is 3.04. The van der Waals surface area contributed by atoms with E-state index < -0.39 is 5.97 Å². The number of benzene rings is 2. The van der Waals surface area contributed by atoms with Crippen LogP contribution in [0.5, 0.6) is 11.5 Å². The fraction of sp³-hybridized carbons (Fsp3) is 0.158. The molecule has 132 valence electrons. The Kier molecular flexibility index (Phi) is 3.76. The molecule has 1 aliphatic rings. The molecule has 0 spiro atoms. The molecule has 26 heavy (non-hydrogen) atoms. The maximum absolute atomic E-state index is 11.6. The lowest BCUT2D eigenvalue weighted by Gasteiger charge is -2.25. The highest BCUT2D eigenvalue weighted by molar-refractivity contribution is 5.92. The lowest BCUT2D eigenvalue weighted by atomic mass is 10.0. The van der Waals surface area contributed by atoms with Crippen LogP contribution >= 0.6 is 0 Å². The molecule has 7 heteroatoms. The number of methoxy groups -OCH3 is 2. The van der Waals surface area contributed by atoms with Crippen molar-refractivity contribution in [2.75, 3.05) is 19.5 Å². The maximum atomic E-state index is 11.6. The first kappa shape index (κ1) is 16.0. The standard InChI is InChI=1S/C19H17N3O4/c1-25-16-8-7-11(9-17(16)26-2)15-10-13(18(23)24)21-19-20-12-5-3-4-6-14(12)22(15)19/h3-10,15H,1-2H3,(H,20,21)(H,23,24). The highest BCUT2D eigenvalue weighted by Gasteiger charge is 2.27. The second-order valence-electron chi connectivity index (χ2n) is 5.86. The molecule has 1 atom stereocenters. The molecule has 4 rings (SSSR count). The third-order valence-electron chi connectivity index (χ3n) is 4.42. The molecular formula is C19H17N3O4. The van der Waals surface area contributed by atoms with Gasteiger partial charge in [-0.15, -0.1) is 0 Å². The van der Waals surface area contributed by atoms with Crippen LogP contribution in [-0.2, 0) is 4.79 Å². The van der Waals surface area contributed by atoms with Gasteiger partial charge in [0, 0.05) is 0 Å². The van der Waals surface area contributed by atoms with Crippen molar-refractivity contribution < 1.29 is 19.4 Å². The summed E-state index contributed by atoms with van der Waals surface area (Å²) >= 11 is 0. The third-order valence-corrected chi connectivity index (χ3v) is 4.42. The van der Waals surface area contributed by atoms with Gasteiger partial charge >= 0.3 is 5.97 Å². The Bertz CT molecular complexity index is 1040. The van der Waals surface area contributed by atoms with E-state index in [0.29, 0.717) is 17.4 Å². The zero-order valence-corrected chi connectivity index (χ0v) is 14.3. The van der Waals surface area contributed by atoms with E-state index in [4.69, 9.17) is 9.47 Å². The Morgan fingerprint density at radius 2 is 1.92 bits per heavy atom. The molecule has 1 unspecified atom stereocenters. The Morgan fingerprint density at radius 1 is 1.15 bits per heavy atom. The molecular weight excluding hydrogens is 334 g/mol. The topological polar surface area (TPSA) is 85.6 Å². The second kappa shape index (κ2) is 6.11. The number of imidazole rings is 1. The number of rotatable bonds is 4. The molecule has 0 saturated heterocycles. The number of hydrogen-bond acceptors (Lipinski definition) is 5. The van der Waals surface area contributed by atoms with Crippen LogP contribution in [0.15, 0.2) is 54.2 Å². The van der Waals surface area contributed by atoms with E-state index in [0.717, 1.165) is 16.6 Å². The summed E-state index contributed by atoms with van der Waals surface area (Å²) in [6, 6.07) is 12.9. The number of allylic oxidation sites excluding steroid dienone is 1. The van der Waals surface area contributed by atoms with Gasteiger partial charge in [0.15, 0.2) is 11.5 Å². The van der Waals surface area contributed by atoms with Gasteiger partial charge in [-0.25, -0.2) is 9.78 Å². The fourth-order valence-corrected chi connectivity index (χ4v) is 3.22. The average Bonchev–Trinajstić information content (AvgIpc) is 3.05. The van der Waals surface area contributed by atoms with Gasteiger partial charge in [0.1, 0.15) is 5.70 Å². The van der Waals surface area contributed by atoms with Gasteiger partial charge in [-0.1, -0.05) is 18.2 Å². The van der Waals surface area contributed by atoms with Crippen molar-refractivity contribution in [1.82, 2.24) is 9.55 Å². The van der Waals surface area contributed by atoms with Crippen molar-refractivity contribution in [3.63, 3.8) is 0 Å². The van der Waals surface area contributed by atoms with Crippen molar-refractivity contribution in [1.29, 1.82) is 0 Å². The van der Waals surface area contributed by atoms with Crippen LogP contribution < -0.4 is 14.8 Å². The number of nitrogens with zero attached hydrogens (tertiary/aromatic N) is 2. The van der Waals surface area contributed by atoms with Crippen LogP contribution in [0.1, 0.15) is 11.6 Å². The highest BCUT2D eigenvalue weighted by Crippen LogP contribution is 2.37. The minimum Gasteiger partial charge on any atom is -0.493 e. The summed E-state index contributed by atoms with van der Waals surface area (Å²) in [6.07, 6.45) is 1.67. The smallest absolute Gasteiger partial charge is 0.352 e. The highest BCUT2D eigenvalue weighted by atomic mass is 16.5. The number of hydrogen-bond donors (Lipinski definition) is 2. The van der Waals surface area contributed by atoms with E-state index in [2.05, 4.69) is 10.3 Å². The van der Waals surface area contributed by atoms with Crippen molar-refractivity contribution in [2.24, 2.45) is 0 Å². The lowest BCUT2D eigenvalue weighted by molar-refractivity contribution is -0.132. The monoisotopic (exact) mass is 351 g/mol. The number of aliphatic carboxylic acids is 1. The first-order valence-electron chi connectivity index (χ1n) is 8.03. The third kappa shape index (κ3) is 2.45. The predicted molar refractivity (Wildman–Crippen MR) is 96.8 cm³/mol. The number of carboxylic acid groups (broad SMARTS) is 1.